The van der Waals surface area contributed by atoms with Crippen molar-refractivity contribution < 1.29 is 13.2 Å². The van der Waals surface area contributed by atoms with Gasteiger partial charge < -0.3 is 4.79 Å². The summed E-state index contributed by atoms with van der Waals surface area (Å²) < 4.78 is 23.8. The van der Waals surface area contributed by atoms with Crippen LogP contribution in [0.2, 0.25) is 0 Å². The third kappa shape index (κ3) is 2.21. The molecule has 0 radical (unpaired) electrons. The Morgan fingerprint density at radius 3 is 2.22 bits per heavy atom. The van der Waals surface area contributed by atoms with Crippen LogP contribution in [0.5, 0.6) is 0 Å². The van der Waals surface area contributed by atoms with Crippen molar-refractivity contribution in [3.63, 3.8) is 0 Å². The molecule has 98 valence electrons. The third-order valence-corrected chi connectivity index (χ3v) is 6.00. The van der Waals surface area contributed by atoms with Gasteiger partial charge in [-0.1, -0.05) is 38.1 Å². The highest BCUT2D eigenvalue weighted by molar-refractivity contribution is 7.92. The molecule has 0 aliphatic heterocycles. The Labute approximate surface area is 108 Å². The fourth-order valence-corrected chi connectivity index (χ4v) is 4.30. The summed E-state index contributed by atoms with van der Waals surface area (Å²) in [6.45, 7) is 3.71. The minimum Gasteiger partial charge on any atom is -0.303 e. The number of benzene rings is 1. The SMILES string of the molecule is CCc1ccc([C@@H]2[C@H](C=O)[C@@H]2S(=O)(=O)CC)cc1. The summed E-state index contributed by atoms with van der Waals surface area (Å²) in [4.78, 5) is 11.0. The van der Waals surface area contributed by atoms with E-state index < -0.39 is 15.1 Å². The number of hydrogen-bond acceptors (Lipinski definition) is 3. The van der Waals surface area contributed by atoms with E-state index in [0.717, 1.165) is 18.3 Å². The van der Waals surface area contributed by atoms with Crippen LogP contribution >= 0.6 is 0 Å². The fraction of sp³-hybridized carbons (Fsp3) is 0.500. The highest BCUT2D eigenvalue weighted by Crippen LogP contribution is 2.51. The van der Waals surface area contributed by atoms with E-state index in [0.29, 0.717) is 0 Å². The molecule has 1 fully saturated rings. The highest BCUT2D eigenvalue weighted by Gasteiger charge is 2.57. The van der Waals surface area contributed by atoms with Gasteiger partial charge in [-0.15, -0.1) is 0 Å². The summed E-state index contributed by atoms with van der Waals surface area (Å²) in [5.41, 5.74) is 2.18. The van der Waals surface area contributed by atoms with E-state index in [1.165, 1.54) is 5.56 Å². The lowest BCUT2D eigenvalue weighted by atomic mass is 10.1. The summed E-state index contributed by atoms with van der Waals surface area (Å²) in [6.07, 6.45) is 1.75. The topological polar surface area (TPSA) is 51.2 Å². The average molecular weight is 266 g/mol. The lowest BCUT2D eigenvalue weighted by molar-refractivity contribution is -0.108. The van der Waals surface area contributed by atoms with Crippen LogP contribution in [-0.4, -0.2) is 25.7 Å². The molecule has 0 aromatic heterocycles. The Kier molecular flexibility index (Phi) is 3.57. The summed E-state index contributed by atoms with van der Waals surface area (Å²) in [5, 5.41) is -0.507. The van der Waals surface area contributed by atoms with Gasteiger partial charge in [0, 0.05) is 17.6 Å². The van der Waals surface area contributed by atoms with E-state index in [2.05, 4.69) is 6.92 Å². The maximum atomic E-state index is 11.9. The van der Waals surface area contributed by atoms with Gasteiger partial charge in [-0.3, -0.25) is 0 Å². The van der Waals surface area contributed by atoms with Gasteiger partial charge in [0.1, 0.15) is 6.29 Å². The molecular weight excluding hydrogens is 248 g/mol. The molecule has 0 spiro atoms. The molecule has 1 aliphatic carbocycles. The van der Waals surface area contributed by atoms with Gasteiger partial charge in [0.05, 0.1) is 5.25 Å². The third-order valence-electron chi connectivity index (χ3n) is 3.75. The lowest BCUT2D eigenvalue weighted by Crippen LogP contribution is -2.12. The molecule has 0 bridgehead atoms. The van der Waals surface area contributed by atoms with Crippen molar-refractivity contribution in [2.45, 2.75) is 31.4 Å². The van der Waals surface area contributed by atoms with E-state index in [1.807, 2.05) is 24.3 Å². The number of aryl methyl sites for hydroxylation is 1. The van der Waals surface area contributed by atoms with E-state index in [-0.39, 0.29) is 17.6 Å². The molecule has 1 aromatic rings. The van der Waals surface area contributed by atoms with Crippen molar-refractivity contribution >= 4 is 16.1 Å². The molecule has 0 N–H and O–H groups in total. The van der Waals surface area contributed by atoms with Gasteiger partial charge in [-0.05, 0) is 17.5 Å². The van der Waals surface area contributed by atoms with E-state index >= 15 is 0 Å². The van der Waals surface area contributed by atoms with Crippen LogP contribution in [0.3, 0.4) is 0 Å². The van der Waals surface area contributed by atoms with Crippen molar-refractivity contribution in [3.05, 3.63) is 35.4 Å². The van der Waals surface area contributed by atoms with Gasteiger partial charge in [-0.2, -0.15) is 0 Å². The minimum absolute atomic E-state index is 0.103. The molecule has 1 aromatic carbocycles. The summed E-state index contributed by atoms with van der Waals surface area (Å²) in [5.74, 6) is -0.397. The van der Waals surface area contributed by atoms with Crippen LogP contribution < -0.4 is 0 Å². The molecule has 1 saturated carbocycles. The van der Waals surface area contributed by atoms with Gasteiger partial charge in [-0.25, -0.2) is 8.42 Å². The van der Waals surface area contributed by atoms with E-state index in [4.69, 9.17) is 0 Å². The Bertz CT molecular complexity index is 531. The molecule has 3 nitrogen and oxygen atoms in total. The number of aldehydes is 1. The second-order valence-electron chi connectivity index (χ2n) is 4.75. The van der Waals surface area contributed by atoms with Gasteiger partial charge in [0.2, 0.25) is 0 Å². The molecule has 0 saturated heterocycles. The maximum Gasteiger partial charge on any atom is 0.154 e. The molecule has 3 atom stereocenters. The first kappa shape index (κ1) is 13.3. The average Bonchev–Trinajstić information content (AvgIpc) is 3.14. The van der Waals surface area contributed by atoms with Crippen LogP contribution in [-0.2, 0) is 21.1 Å². The van der Waals surface area contributed by atoms with Crippen molar-refractivity contribution in [3.8, 4) is 0 Å². The predicted molar refractivity (Wildman–Crippen MR) is 71.4 cm³/mol. The first-order valence-corrected chi connectivity index (χ1v) is 8.02. The Morgan fingerprint density at radius 2 is 1.78 bits per heavy atom. The molecule has 4 heteroatoms. The van der Waals surface area contributed by atoms with Crippen molar-refractivity contribution in [2.75, 3.05) is 5.75 Å². The Morgan fingerprint density at radius 1 is 1.17 bits per heavy atom. The summed E-state index contributed by atoms with van der Waals surface area (Å²) >= 11 is 0. The number of carbonyl (C=O) groups is 1. The first-order chi connectivity index (χ1) is 8.55. The molecule has 0 heterocycles. The van der Waals surface area contributed by atoms with Gasteiger partial charge in [0.25, 0.3) is 0 Å². The lowest BCUT2D eigenvalue weighted by Gasteiger charge is -2.02. The fourth-order valence-electron chi connectivity index (χ4n) is 2.51. The van der Waals surface area contributed by atoms with Crippen LogP contribution in [0.4, 0.5) is 0 Å². The Balaban J connectivity index is 2.26. The highest BCUT2D eigenvalue weighted by atomic mass is 32.2. The van der Waals surface area contributed by atoms with Crippen LogP contribution in [0.1, 0.15) is 30.9 Å². The monoisotopic (exact) mass is 266 g/mol. The van der Waals surface area contributed by atoms with Crippen molar-refractivity contribution in [1.82, 2.24) is 0 Å². The number of sulfone groups is 1. The number of rotatable bonds is 5. The zero-order chi connectivity index (χ0) is 13.3. The molecular formula is C14H18O3S. The molecule has 2 rings (SSSR count). The minimum atomic E-state index is -3.13. The largest absolute Gasteiger partial charge is 0.303 e. The zero-order valence-corrected chi connectivity index (χ0v) is 11.5. The van der Waals surface area contributed by atoms with Crippen molar-refractivity contribution in [2.24, 2.45) is 5.92 Å². The van der Waals surface area contributed by atoms with Crippen LogP contribution in [0.25, 0.3) is 0 Å². The molecule has 0 amide bonds. The second kappa shape index (κ2) is 4.84. The van der Waals surface area contributed by atoms with E-state index in [9.17, 15) is 13.2 Å². The number of hydrogen-bond donors (Lipinski definition) is 0. The second-order valence-corrected chi connectivity index (χ2v) is 7.20. The van der Waals surface area contributed by atoms with Crippen LogP contribution in [0.15, 0.2) is 24.3 Å². The quantitative estimate of drug-likeness (QED) is 0.766. The maximum absolute atomic E-state index is 11.9. The number of carbonyl (C=O) groups excluding carboxylic acids is 1. The predicted octanol–water partition coefficient (Wildman–Crippen LogP) is 1.96. The zero-order valence-electron chi connectivity index (χ0n) is 10.7. The first-order valence-electron chi connectivity index (χ1n) is 6.30. The van der Waals surface area contributed by atoms with Crippen LogP contribution in [0, 0.1) is 5.92 Å². The van der Waals surface area contributed by atoms with E-state index in [1.54, 1.807) is 6.92 Å². The molecule has 0 unspecified atom stereocenters. The smallest absolute Gasteiger partial charge is 0.154 e. The normalized spacial score (nSPS) is 26.9. The van der Waals surface area contributed by atoms with Gasteiger partial charge in [0.15, 0.2) is 9.84 Å². The summed E-state index contributed by atoms with van der Waals surface area (Å²) in [6, 6.07) is 7.91. The van der Waals surface area contributed by atoms with Crippen molar-refractivity contribution in [1.29, 1.82) is 0 Å². The standard InChI is InChI=1S/C14H18O3S/c1-3-10-5-7-11(8-6-10)13-12(9-15)14(13)18(16,17)4-2/h5-9,12-14H,3-4H2,1-2H3/t12-,13+,14-/m0/s1. The van der Waals surface area contributed by atoms with Gasteiger partial charge >= 0.3 is 0 Å². The Hall–Kier alpha value is -1.16. The molecule has 18 heavy (non-hydrogen) atoms. The summed E-state index contributed by atoms with van der Waals surface area (Å²) in [7, 11) is -3.13. The molecule has 1 aliphatic rings.